The molecule has 6 heteroatoms. The van der Waals surface area contributed by atoms with Gasteiger partial charge in [0.1, 0.15) is 0 Å². The normalized spacial score (nSPS) is 26.4. The number of hydrogen-bond donors (Lipinski definition) is 0. The number of hydrogen-bond acceptors (Lipinski definition) is 4. The number of aromatic nitrogens is 2. The Kier molecular flexibility index (Phi) is 4.91. The van der Waals surface area contributed by atoms with E-state index < -0.39 is 0 Å². The number of benzene rings is 1. The van der Waals surface area contributed by atoms with Crippen LogP contribution in [-0.4, -0.2) is 70.2 Å². The lowest BCUT2D eigenvalue weighted by molar-refractivity contribution is 0.0304. The van der Waals surface area contributed by atoms with Gasteiger partial charge in [0, 0.05) is 68.6 Å². The van der Waals surface area contributed by atoms with E-state index in [2.05, 4.69) is 14.8 Å². The summed E-state index contributed by atoms with van der Waals surface area (Å²) in [6.07, 6.45) is 10.1. The Morgan fingerprint density at radius 1 is 0.964 bits per heavy atom. The molecule has 0 aliphatic carbocycles. The molecular weight excluding hydrogens is 352 g/mol. The molecule has 4 aliphatic heterocycles. The molecular formula is C22H28N4O2. The third-order valence-electron chi connectivity index (χ3n) is 6.63. The molecule has 0 unspecified atom stereocenters. The highest BCUT2D eigenvalue weighted by atomic mass is 16.5. The lowest BCUT2D eigenvalue weighted by Crippen LogP contribution is -2.48. The molecule has 28 heavy (non-hydrogen) atoms. The smallest absolute Gasteiger partial charge is 0.254 e. The highest BCUT2D eigenvalue weighted by molar-refractivity contribution is 5.94. The van der Waals surface area contributed by atoms with Crippen molar-refractivity contribution in [2.45, 2.75) is 37.8 Å². The van der Waals surface area contributed by atoms with E-state index in [0.29, 0.717) is 18.0 Å². The van der Waals surface area contributed by atoms with E-state index in [9.17, 15) is 4.79 Å². The van der Waals surface area contributed by atoms with Crippen LogP contribution in [0.15, 0.2) is 43.0 Å². The molecule has 2 aromatic rings. The summed E-state index contributed by atoms with van der Waals surface area (Å²) < 4.78 is 7.50. The zero-order chi connectivity index (χ0) is 18.9. The number of nitrogens with zero attached hydrogens (tertiary/aromatic N) is 4. The summed E-state index contributed by atoms with van der Waals surface area (Å²) in [5.74, 6) is 0.775. The molecule has 2 atom stereocenters. The second-order valence-electron chi connectivity index (χ2n) is 8.37. The average Bonchev–Trinajstić information content (AvgIpc) is 3.14. The van der Waals surface area contributed by atoms with Crippen molar-refractivity contribution in [2.24, 2.45) is 5.92 Å². The number of carbonyl (C=O) groups excluding carboxylic acids is 1. The van der Waals surface area contributed by atoms with Crippen molar-refractivity contribution >= 4 is 5.91 Å². The number of ether oxygens (including phenoxy) is 1. The highest BCUT2D eigenvalue weighted by Crippen LogP contribution is 2.31. The number of imidazole rings is 1. The van der Waals surface area contributed by atoms with E-state index in [1.807, 2.05) is 35.0 Å². The van der Waals surface area contributed by atoms with Crippen LogP contribution in [0, 0.1) is 5.92 Å². The molecule has 6 rings (SSSR count). The zero-order valence-electron chi connectivity index (χ0n) is 16.2. The molecule has 1 aromatic carbocycles. The predicted octanol–water partition coefficient (Wildman–Crippen LogP) is 2.59. The molecule has 1 amide bonds. The number of fused-ring (bicyclic) bond motifs is 4. The van der Waals surface area contributed by atoms with Gasteiger partial charge in [-0.2, -0.15) is 0 Å². The third-order valence-corrected chi connectivity index (χ3v) is 6.63. The quantitative estimate of drug-likeness (QED) is 0.821. The Labute approximate surface area is 166 Å². The van der Waals surface area contributed by atoms with Crippen molar-refractivity contribution in [3.05, 3.63) is 48.5 Å². The summed E-state index contributed by atoms with van der Waals surface area (Å²) in [6, 6.07) is 8.86. The van der Waals surface area contributed by atoms with Crippen LogP contribution in [0.4, 0.5) is 0 Å². The van der Waals surface area contributed by atoms with E-state index in [-0.39, 0.29) is 5.91 Å². The van der Waals surface area contributed by atoms with Crippen molar-refractivity contribution in [3.63, 3.8) is 0 Å². The molecule has 6 nitrogen and oxygen atoms in total. The Hall–Kier alpha value is -2.18. The van der Waals surface area contributed by atoms with Gasteiger partial charge in [0.15, 0.2) is 0 Å². The minimum absolute atomic E-state index is 0.181. The molecule has 2 bridgehead atoms. The summed E-state index contributed by atoms with van der Waals surface area (Å²) in [7, 11) is 0. The Bertz CT molecular complexity index is 798. The maximum atomic E-state index is 13.3. The predicted molar refractivity (Wildman–Crippen MR) is 107 cm³/mol. The van der Waals surface area contributed by atoms with Gasteiger partial charge in [0.25, 0.3) is 5.91 Å². The second-order valence-corrected chi connectivity index (χ2v) is 8.37. The van der Waals surface area contributed by atoms with E-state index >= 15 is 0 Å². The second kappa shape index (κ2) is 7.68. The minimum Gasteiger partial charge on any atom is -0.381 e. The fourth-order valence-electron chi connectivity index (χ4n) is 5.07. The number of rotatable bonds is 3. The van der Waals surface area contributed by atoms with Crippen molar-refractivity contribution in [3.8, 4) is 5.69 Å². The monoisotopic (exact) mass is 380 g/mol. The minimum atomic E-state index is 0.181. The first-order valence-electron chi connectivity index (χ1n) is 10.5. The largest absolute Gasteiger partial charge is 0.381 e. The molecule has 4 fully saturated rings. The molecule has 1 aromatic heterocycles. The number of amides is 1. The lowest BCUT2D eigenvalue weighted by atomic mass is 9.94. The molecule has 0 N–H and O–H groups in total. The highest BCUT2D eigenvalue weighted by Gasteiger charge is 2.39. The van der Waals surface area contributed by atoms with Crippen LogP contribution in [-0.2, 0) is 4.74 Å². The van der Waals surface area contributed by atoms with Crippen molar-refractivity contribution in [1.82, 2.24) is 19.4 Å². The van der Waals surface area contributed by atoms with Gasteiger partial charge in [-0.3, -0.25) is 9.69 Å². The summed E-state index contributed by atoms with van der Waals surface area (Å²) in [6.45, 7) is 4.79. The Morgan fingerprint density at radius 2 is 1.79 bits per heavy atom. The van der Waals surface area contributed by atoms with Gasteiger partial charge in [-0.15, -0.1) is 0 Å². The van der Waals surface area contributed by atoms with Gasteiger partial charge in [-0.1, -0.05) is 0 Å². The lowest BCUT2D eigenvalue weighted by Gasteiger charge is -2.37. The fourth-order valence-corrected chi connectivity index (χ4v) is 5.07. The van der Waals surface area contributed by atoms with Crippen LogP contribution in [0.2, 0.25) is 0 Å². The first-order chi connectivity index (χ1) is 13.8. The molecule has 0 radical (unpaired) electrons. The molecule has 0 spiro atoms. The molecule has 148 valence electrons. The first-order valence-corrected chi connectivity index (χ1v) is 10.5. The summed E-state index contributed by atoms with van der Waals surface area (Å²) >= 11 is 0. The first kappa shape index (κ1) is 17.9. The van der Waals surface area contributed by atoms with Gasteiger partial charge < -0.3 is 14.2 Å². The Balaban J connectivity index is 1.31. The molecule has 0 saturated carbocycles. The third kappa shape index (κ3) is 3.47. The van der Waals surface area contributed by atoms with Gasteiger partial charge in [0.05, 0.1) is 6.33 Å². The molecule has 5 heterocycles. The maximum absolute atomic E-state index is 13.3. The van der Waals surface area contributed by atoms with E-state index in [4.69, 9.17) is 4.74 Å². The van der Waals surface area contributed by atoms with Crippen molar-refractivity contribution in [2.75, 3.05) is 32.8 Å². The van der Waals surface area contributed by atoms with Crippen LogP contribution >= 0.6 is 0 Å². The fraction of sp³-hybridized carbons (Fsp3) is 0.545. The van der Waals surface area contributed by atoms with E-state index in [0.717, 1.165) is 63.4 Å². The van der Waals surface area contributed by atoms with Crippen molar-refractivity contribution in [1.29, 1.82) is 0 Å². The molecule has 4 saturated heterocycles. The van der Waals surface area contributed by atoms with Crippen LogP contribution in [0.5, 0.6) is 0 Å². The van der Waals surface area contributed by atoms with Gasteiger partial charge in [-0.05, 0) is 55.9 Å². The standard InChI is InChI=1S/C22H28N4O2/c27-22(18-2-5-19(6-3-18)24-10-9-23-16-24)26-14-17-1-4-21(26)15-25(13-17)20-7-11-28-12-8-20/h2-3,5-6,9-10,16-17,20-21H,1,4,7-8,11-15H2/t17-,21+/m0/s1. The maximum Gasteiger partial charge on any atom is 0.254 e. The van der Waals surface area contributed by atoms with Gasteiger partial charge in [0.2, 0.25) is 0 Å². The average molecular weight is 380 g/mol. The summed E-state index contributed by atoms with van der Waals surface area (Å²) in [5.41, 5.74) is 1.81. The SMILES string of the molecule is O=C(c1ccc(-n2ccnc2)cc1)N1C[C@H]2CC[C@@H]1CN(C1CCOCC1)C2. The topological polar surface area (TPSA) is 50.6 Å². The van der Waals surface area contributed by atoms with E-state index in [1.54, 1.807) is 12.5 Å². The summed E-state index contributed by atoms with van der Waals surface area (Å²) in [4.78, 5) is 22.2. The van der Waals surface area contributed by atoms with Gasteiger partial charge in [-0.25, -0.2) is 4.98 Å². The van der Waals surface area contributed by atoms with Crippen LogP contribution < -0.4 is 0 Å². The number of carbonyl (C=O) groups is 1. The van der Waals surface area contributed by atoms with Crippen LogP contribution in [0.25, 0.3) is 5.69 Å². The van der Waals surface area contributed by atoms with Gasteiger partial charge >= 0.3 is 0 Å². The van der Waals surface area contributed by atoms with Crippen LogP contribution in [0.3, 0.4) is 0 Å². The number of piperidine rings is 1. The van der Waals surface area contributed by atoms with Crippen LogP contribution in [0.1, 0.15) is 36.0 Å². The molecule has 4 aliphatic rings. The summed E-state index contributed by atoms with van der Waals surface area (Å²) in [5, 5.41) is 0. The van der Waals surface area contributed by atoms with E-state index in [1.165, 1.54) is 6.42 Å². The Morgan fingerprint density at radius 3 is 2.54 bits per heavy atom. The zero-order valence-corrected chi connectivity index (χ0v) is 16.2. The van der Waals surface area contributed by atoms with Crippen molar-refractivity contribution < 1.29 is 9.53 Å².